The molecule has 1 aliphatic heterocycles. The molecule has 1 amide bonds. The molecule has 1 aliphatic carbocycles. The zero-order valence-electron chi connectivity index (χ0n) is 14.6. The van der Waals surface area contributed by atoms with Gasteiger partial charge in [-0.05, 0) is 56.7 Å². The number of carbonyl (C=O) groups excluding carboxylic acids is 1. The number of benzene rings is 1. The lowest BCUT2D eigenvalue weighted by molar-refractivity contribution is -0.127. The average Bonchev–Trinajstić information content (AvgIpc) is 2.63. The lowest BCUT2D eigenvalue weighted by atomic mass is 9.92. The molecular formula is C18H25ClN2O4S. The molecule has 1 saturated carbocycles. The van der Waals surface area contributed by atoms with Crippen LogP contribution in [0.25, 0.3) is 0 Å². The van der Waals surface area contributed by atoms with Crippen molar-refractivity contribution >= 4 is 27.5 Å². The summed E-state index contributed by atoms with van der Waals surface area (Å²) in [6.07, 6.45) is 4.00. The Morgan fingerprint density at radius 3 is 2.62 bits per heavy atom. The van der Waals surface area contributed by atoms with Gasteiger partial charge in [0.1, 0.15) is 0 Å². The van der Waals surface area contributed by atoms with Gasteiger partial charge in [-0.3, -0.25) is 4.79 Å². The molecule has 2 fully saturated rings. The number of sulfonamides is 1. The van der Waals surface area contributed by atoms with Crippen molar-refractivity contribution in [2.24, 2.45) is 5.92 Å². The zero-order valence-corrected chi connectivity index (χ0v) is 16.2. The number of amides is 1. The smallest absolute Gasteiger partial charge is 0.243 e. The second-order valence-corrected chi connectivity index (χ2v) is 9.55. The summed E-state index contributed by atoms with van der Waals surface area (Å²) < 4.78 is 27.1. The quantitative estimate of drug-likeness (QED) is 0.810. The predicted molar refractivity (Wildman–Crippen MR) is 99.3 cm³/mol. The van der Waals surface area contributed by atoms with E-state index < -0.39 is 10.0 Å². The SMILES string of the molecule is O=C(NC1CCC(O)CC1)[C@H]1CCCN(S(=O)(=O)c2cccc(Cl)c2)C1. The summed E-state index contributed by atoms with van der Waals surface area (Å²) in [6.45, 7) is 0.601. The van der Waals surface area contributed by atoms with Gasteiger partial charge in [-0.25, -0.2) is 8.42 Å². The van der Waals surface area contributed by atoms with Gasteiger partial charge in [0.25, 0.3) is 0 Å². The predicted octanol–water partition coefficient (Wildman–Crippen LogP) is 2.16. The molecule has 1 atom stereocenters. The van der Waals surface area contributed by atoms with Crippen molar-refractivity contribution in [3.05, 3.63) is 29.3 Å². The fourth-order valence-corrected chi connectivity index (χ4v) is 5.52. The van der Waals surface area contributed by atoms with E-state index in [9.17, 15) is 18.3 Å². The van der Waals surface area contributed by atoms with Crippen LogP contribution in [0.1, 0.15) is 38.5 Å². The maximum absolute atomic E-state index is 12.8. The minimum atomic E-state index is -3.66. The Balaban J connectivity index is 1.64. The van der Waals surface area contributed by atoms with Crippen LogP contribution < -0.4 is 5.32 Å². The fourth-order valence-electron chi connectivity index (χ4n) is 3.69. The van der Waals surface area contributed by atoms with E-state index in [0.717, 1.165) is 12.8 Å². The number of aliphatic hydroxyl groups excluding tert-OH is 1. The third kappa shape index (κ3) is 4.57. The van der Waals surface area contributed by atoms with Gasteiger partial charge in [0.2, 0.25) is 15.9 Å². The minimum Gasteiger partial charge on any atom is -0.393 e. The van der Waals surface area contributed by atoms with E-state index in [2.05, 4.69) is 5.32 Å². The van der Waals surface area contributed by atoms with Crippen molar-refractivity contribution in [2.45, 2.75) is 55.6 Å². The van der Waals surface area contributed by atoms with Crippen LogP contribution >= 0.6 is 11.6 Å². The Kier molecular flexibility index (Phi) is 6.22. The summed E-state index contributed by atoms with van der Waals surface area (Å²) in [4.78, 5) is 12.8. The molecule has 0 radical (unpaired) electrons. The van der Waals surface area contributed by atoms with Crippen LogP contribution in [-0.4, -0.2) is 49.0 Å². The largest absolute Gasteiger partial charge is 0.393 e. The van der Waals surface area contributed by atoms with Crippen molar-refractivity contribution in [2.75, 3.05) is 13.1 Å². The number of hydrogen-bond acceptors (Lipinski definition) is 4. The standard InChI is InChI=1S/C18H25ClN2O4S/c19-14-4-1-5-17(11-14)26(24,25)21-10-2-3-13(12-21)18(23)20-15-6-8-16(22)9-7-15/h1,4-5,11,13,15-16,22H,2-3,6-10,12H2,(H,20,23)/t13-,15?,16?/m0/s1. The van der Waals surface area contributed by atoms with Gasteiger partial charge < -0.3 is 10.4 Å². The zero-order chi connectivity index (χ0) is 18.7. The van der Waals surface area contributed by atoms with Crippen molar-refractivity contribution in [3.63, 3.8) is 0 Å². The molecule has 1 aromatic rings. The molecule has 3 rings (SSSR count). The first-order valence-electron chi connectivity index (χ1n) is 9.10. The Hall–Kier alpha value is -1.15. The number of hydrogen-bond donors (Lipinski definition) is 2. The molecule has 2 N–H and O–H groups in total. The van der Waals surface area contributed by atoms with E-state index in [4.69, 9.17) is 11.6 Å². The first-order valence-corrected chi connectivity index (χ1v) is 10.9. The lowest BCUT2D eigenvalue weighted by Crippen LogP contribution is -2.48. The van der Waals surface area contributed by atoms with E-state index >= 15 is 0 Å². The number of rotatable bonds is 4. The fraction of sp³-hybridized carbons (Fsp3) is 0.611. The van der Waals surface area contributed by atoms with Gasteiger partial charge in [-0.15, -0.1) is 0 Å². The van der Waals surface area contributed by atoms with E-state index in [0.29, 0.717) is 37.3 Å². The molecular weight excluding hydrogens is 376 g/mol. The second-order valence-electron chi connectivity index (χ2n) is 7.17. The van der Waals surface area contributed by atoms with E-state index in [1.54, 1.807) is 12.1 Å². The highest BCUT2D eigenvalue weighted by Gasteiger charge is 2.34. The summed E-state index contributed by atoms with van der Waals surface area (Å²) in [5.41, 5.74) is 0. The van der Waals surface area contributed by atoms with Crippen LogP contribution in [0.2, 0.25) is 5.02 Å². The number of halogens is 1. The third-order valence-electron chi connectivity index (χ3n) is 5.23. The van der Waals surface area contributed by atoms with Gasteiger partial charge in [0.05, 0.1) is 16.9 Å². The molecule has 0 bridgehead atoms. The molecule has 2 aliphatic rings. The van der Waals surface area contributed by atoms with Crippen molar-refractivity contribution in [1.82, 2.24) is 9.62 Å². The van der Waals surface area contributed by atoms with Crippen LogP contribution in [-0.2, 0) is 14.8 Å². The van der Waals surface area contributed by atoms with E-state index in [1.165, 1.54) is 16.4 Å². The van der Waals surface area contributed by atoms with Gasteiger partial charge in [0, 0.05) is 24.2 Å². The highest BCUT2D eigenvalue weighted by molar-refractivity contribution is 7.89. The molecule has 0 aromatic heterocycles. The summed E-state index contributed by atoms with van der Waals surface area (Å²) in [7, 11) is -3.66. The number of nitrogens with one attached hydrogen (secondary N) is 1. The average molecular weight is 401 g/mol. The Morgan fingerprint density at radius 2 is 1.92 bits per heavy atom. The van der Waals surface area contributed by atoms with Crippen LogP contribution in [0.3, 0.4) is 0 Å². The molecule has 0 spiro atoms. The first-order chi connectivity index (χ1) is 12.4. The Morgan fingerprint density at radius 1 is 1.19 bits per heavy atom. The minimum absolute atomic E-state index is 0.0748. The van der Waals surface area contributed by atoms with Crippen LogP contribution in [0, 0.1) is 5.92 Å². The normalized spacial score (nSPS) is 27.8. The van der Waals surface area contributed by atoms with Crippen molar-refractivity contribution in [3.8, 4) is 0 Å². The highest BCUT2D eigenvalue weighted by atomic mass is 35.5. The van der Waals surface area contributed by atoms with Gasteiger partial charge >= 0.3 is 0 Å². The van der Waals surface area contributed by atoms with E-state index in [1.807, 2.05) is 0 Å². The highest BCUT2D eigenvalue weighted by Crippen LogP contribution is 2.26. The molecule has 1 saturated heterocycles. The van der Waals surface area contributed by atoms with Gasteiger partial charge in [-0.1, -0.05) is 17.7 Å². The third-order valence-corrected chi connectivity index (χ3v) is 7.33. The Bertz CT molecular complexity index is 747. The summed E-state index contributed by atoms with van der Waals surface area (Å²) in [5.74, 6) is -0.429. The molecule has 1 heterocycles. The van der Waals surface area contributed by atoms with Crippen LogP contribution in [0.15, 0.2) is 29.2 Å². The number of piperidine rings is 1. The molecule has 8 heteroatoms. The van der Waals surface area contributed by atoms with Gasteiger partial charge in [0.15, 0.2) is 0 Å². The molecule has 6 nitrogen and oxygen atoms in total. The van der Waals surface area contributed by atoms with Crippen molar-refractivity contribution < 1.29 is 18.3 Å². The summed E-state index contributed by atoms with van der Waals surface area (Å²) in [6, 6.07) is 6.28. The molecule has 144 valence electrons. The first kappa shape index (κ1) is 19.6. The monoisotopic (exact) mass is 400 g/mol. The maximum atomic E-state index is 12.8. The van der Waals surface area contributed by atoms with Gasteiger partial charge in [-0.2, -0.15) is 4.31 Å². The lowest BCUT2D eigenvalue weighted by Gasteiger charge is -2.33. The topological polar surface area (TPSA) is 86.7 Å². The number of nitrogens with zero attached hydrogens (tertiary/aromatic N) is 1. The summed E-state index contributed by atoms with van der Waals surface area (Å²) >= 11 is 5.92. The van der Waals surface area contributed by atoms with Crippen LogP contribution in [0.5, 0.6) is 0 Å². The number of aliphatic hydroxyl groups is 1. The maximum Gasteiger partial charge on any atom is 0.243 e. The number of carbonyl (C=O) groups is 1. The molecule has 26 heavy (non-hydrogen) atoms. The summed E-state index contributed by atoms with van der Waals surface area (Å²) in [5, 5.41) is 13.0. The van der Waals surface area contributed by atoms with E-state index in [-0.39, 0.29) is 35.4 Å². The van der Waals surface area contributed by atoms with Crippen LogP contribution in [0.4, 0.5) is 0 Å². The van der Waals surface area contributed by atoms with Crippen molar-refractivity contribution in [1.29, 1.82) is 0 Å². The molecule has 0 unspecified atom stereocenters. The Labute approximate surface area is 159 Å². The second kappa shape index (κ2) is 8.25. The molecule has 1 aromatic carbocycles.